The van der Waals surface area contributed by atoms with E-state index in [4.69, 9.17) is 16.3 Å². The van der Waals surface area contributed by atoms with Gasteiger partial charge in [-0.25, -0.2) is 0 Å². The van der Waals surface area contributed by atoms with Crippen molar-refractivity contribution in [2.24, 2.45) is 0 Å². The Labute approximate surface area is 157 Å². The Hall–Kier alpha value is -2.59. The predicted octanol–water partition coefficient (Wildman–Crippen LogP) is 4.41. The Bertz CT molecular complexity index is 996. The Kier molecular flexibility index (Phi) is 4.29. The second kappa shape index (κ2) is 6.61. The summed E-state index contributed by atoms with van der Waals surface area (Å²) in [5.41, 5.74) is 3.19. The van der Waals surface area contributed by atoms with E-state index < -0.39 is 0 Å². The fraction of sp³-hybridized carbons (Fsp3) is 0.238. The summed E-state index contributed by atoms with van der Waals surface area (Å²) in [4.78, 5) is 19.2. The number of carbonyl (C=O) groups is 1. The number of ether oxygens (including phenoxy) is 1. The van der Waals surface area contributed by atoms with E-state index in [1.165, 1.54) is 0 Å². The first-order valence-electron chi connectivity index (χ1n) is 8.60. The van der Waals surface area contributed by atoms with Crippen molar-refractivity contribution in [2.75, 3.05) is 13.1 Å². The van der Waals surface area contributed by atoms with E-state index in [2.05, 4.69) is 4.98 Å². The zero-order valence-corrected chi connectivity index (χ0v) is 15.5. The number of hydrogen-bond donors (Lipinski definition) is 0. The van der Waals surface area contributed by atoms with E-state index in [1.807, 2.05) is 56.3 Å². The number of hydrogen-bond acceptors (Lipinski definition) is 3. The number of rotatable bonds is 3. The van der Waals surface area contributed by atoms with Crippen LogP contribution in [0.1, 0.15) is 21.6 Å². The highest BCUT2D eigenvalue weighted by Crippen LogP contribution is 2.28. The SMILES string of the molecule is Cc1cc(C(=O)N2CC(Oc3ccccc3C)C2)c2cccc(Cl)c2n1. The maximum absolute atomic E-state index is 13.0. The highest BCUT2D eigenvalue weighted by atomic mass is 35.5. The van der Waals surface area contributed by atoms with Crippen LogP contribution in [0, 0.1) is 13.8 Å². The number of benzene rings is 2. The molecule has 4 nitrogen and oxygen atoms in total. The lowest BCUT2D eigenvalue weighted by Crippen LogP contribution is -2.56. The summed E-state index contributed by atoms with van der Waals surface area (Å²) in [6.45, 7) is 5.06. The lowest BCUT2D eigenvalue weighted by molar-refractivity contribution is 0.0177. The molecule has 1 aliphatic heterocycles. The van der Waals surface area contributed by atoms with Gasteiger partial charge in [-0.15, -0.1) is 0 Å². The third kappa shape index (κ3) is 3.01. The molecule has 0 bridgehead atoms. The van der Waals surface area contributed by atoms with E-state index in [9.17, 15) is 4.79 Å². The summed E-state index contributed by atoms with van der Waals surface area (Å²) in [7, 11) is 0. The molecule has 0 unspecified atom stereocenters. The molecule has 1 amide bonds. The number of pyridine rings is 1. The average Bonchev–Trinajstić information content (AvgIpc) is 2.59. The zero-order chi connectivity index (χ0) is 18.3. The number of likely N-dealkylation sites (tertiary alicyclic amines) is 1. The first-order chi connectivity index (χ1) is 12.5. The summed E-state index contributed by atoms with van der Waals surface area (Å²) < 4.78 is 6.00. The van der Waals surface area contributed by atoms with Gasteiger partial charge in [0.15, 0.2) is 0 Å². The molecule has 0 atom stereocenters. The van der Waals surface area contributed by atoms with Gasteiger partial charge in [0.25, 0.3) is 5.91 Å². The number of aryl methyl sites for hydroxylation is 2. The summed E-state index contributed by atoms with van der Waals surface area (Å²) >= 11 is 6.25. The summed E-state index contributed by atoms with van der Waals surface area (Å²) in [5, 5.41) is 1.35. The van der Waals surface area contributed by atoms with E-state index in [-0.39, 0.29) is 12.0 Å². The predicted molar refractivity (Wildman–Crippen MR) is 103 cm³/mol. The molecule has 0 radical (unpaired) electrons. The van der Waals surface area contributed by atoms with Crippen molar-refractivity contribution in [1.82, 2.24) is 9.88 Å². The topological polar surface area (TPSA) is 42.4 Å². The number of halogens is 1. The molecule has 5 heteroatoms. The maximum Gasteiger partial charge on any atom is 0.254 e. The molecule has 0 N–H and O–H groups in total. The van der Waals surface area contributed by atoms with Gasteiger partial charge in [0.2, 0.25) is 0 Å². The van der Waals surface area contributed by atoms with Crippen molar-refractivity contribution in [1.29, 1.82) is 0 Å². The number of fused-ring (bicyclic) bond motifs is 1. The summed E-state index contributed by atoms with van der Waals surface area (Å²) in [5.74, 6) is 0.869. The minimum Gasteiger partial charge on any atom is -0.486 e. The van der Waals surface area contributed by atoms with Crippen LogP contribution in [0.15, 0.2) is 48.5 Å². The number of aromatic nitrogens is 1. The van der Waals surface area contributed by atoms with Crippen molar-refractivity contribution < 1.29 is 9.53 Å². The van der Waals surface area contributed by atoms with E-state index in [0.717, 1.165) is 22.4 Å². The van der Waals surface area contributed by atoms with Crippen LogP contribution < -0.4 is 4.74 Å². The lowest BCUT2D eigenvalue weighted by atomic mass is 10.0. The average molecular weight is 367 g/mol. The highest BCUT2D eigenvalue weighted by molar-refractivity contribution is 6.35. The molecular weight excluding hydrogens is 348 g/mol. The Morgan fingerprint density at radius 3 is 2.69 bits per heavy atom. The molecule has 132 valence electrons. The first-order valence-corrected chi connectivity index (χ1v) is 8.98. The van der Waals surface area contributed by atoms with Gasteiger partial charge in [-0.05, 0) is 37.6 Å². The van der Waals surface area contributed by atoms with E-state index >= 15 is 0 Å². The zero-order valence-electron chi connectivity index (χ0n) is 14.7. The van der Waals surface area contributed by atoms with Crippen molar-refractivity contribution in [3.8, 4) is 5.75 Å². The molecule has 1 aliphatic rings. The first kappa shape index (κ1) is 16.9. The van der Waals surface area contributed by atoms with Crippen molar-refractivity contribution in [3.05, 3.63) is 70.4 Å². The van der Waals surface area contributed by atoms with Gasteiger partial charge in [0.1, 0.15) is 11.9 Å². The largest absolute Gasteiger partial charge is 0.486 e. The molecule has 0 spiro atoms. The monoisotopic (exact) mass is 366 g/mol. The molecule has 26 heavy (non-hydrogen) atoms. The van der Waals surface area contributed by atoms with Gasteiger partial charge in [0.05, 0.1) is 29.2 Å². The van der Waals surface area contributed by atoms with Crippen molar-refractivity contribution in [2.45, 2.75) is 20.0 Å². The molecular formula is C21H19ClN2O2. The van der Waals surface area contributed by atoms with Crippen LogP contribution >= 0.6 is 11.6 Å². The summed E-state index contributed by atoms with van der Waals surface area (Å²) in [6.07, 6.45) is 0.0258. The van der Waals surface area contributed by atoms with Crippen LogP contribution in [-0.2, 0) is 0 Å². The van der Waals surface area contributed by atoms with Crippen LogP contribution in [0.2, 0.25) is 5.02 Å². The molecule has 3 aromatic rings. The fourth-order valence-electron chi connectivity index (χ4n) is 3.24. The van der Waals surface area contributed by atoms with Gasteiger partial charge >= 0.3 is 0 Å². The van der Waals surface area contributed by atoms with Gasteiger partial charge in [-0.1, -0.05) is 41.9 Å². The normalized spacial score (nSPS) is 14.3. The van der Waals surface area contributed by atoms with Crippen LogP contribution in [0.25, 0.3) is 10.9 Å². The van der Waals surface area contributed by atoms with Crippen LogP contribution in [0.4, 0.5) is 0 Å². The molecule has 1 saturated heterocycles. The Balaban J connectivity index is 1.53. The van der Waals surface area contributed by atoms with Gasteiger partial charge in [-0.2, -0.15) is 0 Å². The smallest absolute Gasteiger partial charge is 0.254 e. The molecule has 1 fully saturated rings. The van der Waals surface area contributed by atoms with Crippen molar-refractivity contribution in [3.63, 3.8) is 0 Å². The number of carbonyl (C=O) groups excluding carboxylic acids is 1. The Morgan fingerprint density at radius 2 is 1.92 bits per heavy atom. The maximum atomic E-state index is 13.0. The van der Waals surface area contributed by atoms with Gasteiger partial charge in [-0.3, -0.25) is 9.78 Å². The molecule has 0 aliphatic carbocycles. The van der Waals surface area contributed by atoms with Crippen molar-refractivity contribution >= 4 is 28.4 Å². The number of nitrogens with zero attached hydrogens (tertiary/aromatic N) is 2. The second-order valence-corrected chi connectivity index (χ2v) is 7.07. The third-order valence-corrected chi connectivity index (χ3v) is 4.98. The number of amides is 1. The Morgan fingerprint density at radius 1 is 1.15 bits per heavy atom. The van der Waals surface area contributed by atoms with Gasteiger partial charge < -0.3 is 9.64 Å². The van der Waals surface area contributed by atoms with E-state index in [1.54, 1.807) is 11.0 Å². The molecule has 2 heterocycles. The van der Waals surface area contributed by atoms with Crippen LogP contribution in [0.3, 0.4) is 0 Å². The minimum atomic E-state index is -0.00704. The lowest BCUT2D eigenvalue weighted by Gasteiger charge is -2.39. The van der Waals surface area contributed by atoms with E-state index in [0.29, 0.717) is 29.2 Å². The quantitative estimate of drug-likeness (QED) is 0.689. The molecule has 4 rings (SSSR count). The molecule has 1 aromatic heterocycles. The van der Waals surface area contributed by atoms with Gasteiger partial charge in [0, 0.05) is 11.1 Å². The van der Waals surface area contributed by atoms with Crippen LogP contribution in [0.5, 0.6) is 5.75 Å². The number of para-hydroxylation sites is 2. The third-order valence-electron chi connectivity index (χ3n) is 4.67. The minimum absolute atomic E-state index is 0.00704. The standard InChI is InChI=1S/C21H19ClN2O2/c1-13-6-3-4-9-19(13)26-15-11-24(12-15)21(25)17-10-14(2)23-20-16(17)7-5-8-18(20)22/h3-10,15H,11-12H2,1-2H3. The highest BCUT2D eigenvalue weighted by Gasteiger charge is 2.34. The summed E-state index contributed by atoms with van der Waals surface area (Å²) in [6, 6.07) is 15.3. The second-order valence-electron chi connectivity index (χ2n) is 6.66. The fourth-order valence-corrected chi connectivity index (χ4v) is 3.45. The molecule has 0 saturated carbocycles. The van der Waals surface area contributed by atoms with Crippen LogP contribution in [-0.4, -0.2) is 35.0 Å². The molecule has 2 aromatic carbocycles.